The number of benzene rings is 1. The lowest BCUT2D eigenvalue weighted by Gasteiger charge is -2.13. The summed E-state index contributed by atoms with van der Waals surface area (Å²) in [6.07, 6.45) is 3.05. The smallest absolute Gasteiger partial charge is 0.395 e. The molecular weight excluding hydrogens is 457 g/mol. The molecule has 0 aliphatic rings. The van der Waals surface area contributed by atoms with Gasteiger partial charge in [0.05, 0.1) is 21.7 Å². The maximum atomic E-state index is 11.7. The molecule has 138 valence electrons. The Morgan fingerprint density at radius 1 is 1.31 bits per heavy atom. The number of H-pyrrole nitrogens is 1. The van der Waals surface area contributed by atoms with Gasteiger partial charge in [0, 0.05) is 0 Å². The number of aromatic hydroxyl groups is 1. The number of aromatic nitrogens is 2. The van der Waals surface area contributed by atoms with Gasteiger partial charge in [-0.2, -0.15) is 4.98 Å². The van der Waals surface area contributed by atoms with Crippen molar-refractivity contribution in [1.82, 2.24) is 9.97 Å². The summed E-state index contributed by atoms with van der Waals surface area (Å²) < 4.78 is 12.0. The van der Waals surface area contributed by atoms with Crippen molar-refractivity contribution >= 4 is 40.4 Å². The zero-order valence-corrected chi connectivity index (χ0v) is 16.1. The third-order valence-corrected chi connectivity index (χ3v) is 3.93. The predicted octanol–water partition coefficient (Wildman–Crippen LogP) is 2.96. The summed E-state index contributed by atoms with van der Waals surface area (Å²) in [5, 5.41) is 20.2. The summed E-state index contributed by atoms with van der Waals surface area (Å²) in [6.45, 7) is 4.70. The average Bonchev–Trinajstić information content (AvgIpc) is 2.55. The van der Waals surface area contributed by atoms with Crippen LogP contribution in [0.3, 0.4) is 0 Å². The van der Waals surface area contributed by atoms with Crippen LogP contribution in [0.25, 0.3) is 12.2 Å². The molecule has 0 unspecified atom stereocenters. The van der Waals surface area contributed by atoms with Gasteiger partial charge in [-0.25, -0.2) is 0 Å². The van der Waals surface area contributed by atoms with Crippen LogP contribution in [0.1, 0.15) is 25.2 Å². The Hall–Kier alpha value is -2.63. The van der Waals surface area contributed by atoms with Crippen molar-refractivity contribution in [2.24, 2.45) is 0 Å². The highest BCUT2D eigenvalue weighted by atomic mass is 127. The van der Waals surface area contributed by atoms with E-state index >= 15 is 0 Å². The van der Waals surface area contributed by atoms with Gasteiger partial charge < -0.3 is 19.6 Å². The Labute approximate surface area is 162 Å². The van der Waals surface area contributed by atoms with Gasteiger partial charge in [-0.3, -0.25) is 14.9 Å². The Bertz CT molecular complexity index is 910. The second-order valence-electron chi connectivity index (χ2n) is 4.91. The normalized spacial score (nSPS) is 10.9. The molecule has 0 saturated carbocycles. The van der Waals surface area contributed by atoms with Crippen molar-refractivity contribution in [2.45, 2.75) is 13.8 Å². The molecule has 0 saturated heterocycles. The lowest BCUT2D eigenvalue weighted by molar-refractivity contribution is -0.387. The first-order valence-electron chi connectivity index (χ1n) is 7.62. The van der Waals surface area contributed by atoms with Crippen LogP contribution in [-0.2, 0) is 0 Å². The number of hydrogen-bond donors (Lipinski definition) is 2. The van der Waals surface area contributed by atoms with E-state index in [1.807, 2.05) is 19.9 Å². The molecular formula is C16H16IN3O6. The van der Waals surface area contributed by atoms with Gasteiger partial charge in [-0.1, -0.05) is 6.08 Å². The van der Waals surface area contributed by atoms with Crippen LogP contribution in [0.2, 0.25) is 0 Å². The highest BCUT2D eigenvalue weighted by Gasteiger charge is 2.21. The minimum atomic E-state index is -1.03. The maximum absolute atomic E-state index is 11.7. The molecule has 2 rings (SSSR count). The van der Waals surface area contributed by atoms with Gasteiger partial charge >= 0.3 is 11.2 Å². The predicted molar refractivity (Wildman–Crippen MR) is 104 cm³/mol. The molecule has 0 amide bonds. The van der Waals surface area contributed by atoms with E-state index in [1.54, 1.807) is 12.1 Å². The van der Waals surface area contributed by atoms with Crippen molar-refractivity contribution in [3.63, 3.8) is 0 Å². The minimum absolute atomic E-state index is 0.0139. The van der Waals surface area contributed by atoms with Crippen LogP contribution in [0.5, 0.6) is 17.4 Å². The van der Waals surface area contributed by atoms with E-state index in [4.69, 9.17) is 9.47 Å². The molecule has 1 aromatic heterocycles. The van der Waals surface area contributed by atoms with Crippen molar-refractivity contribution in [3.8, 4) is 17.4 Å². The van der Waals surface area contributed by atoms with Crippen LogP contribution in [0.15, 0.2) is 16.9 Å². The van der Waals surface area contributed by atoms with Crippen LogP contribution in [-0.4, -0.2) is 33.2 Å². The lowest BCUT2D eigenvalue weighted by atomic mass is 10.2. The third kappa shape index (κ3) is 4.50. The Kier molecular flexibility index (Phi) is 6.55. The van der Waals surface area contributed by atoms with Gasteiger partial charge in [0.1, 0.15) is 5.82 Å². The third-order valence-electron chi connectivity index (χ3n) is 3.13. The molecule has 0 radical (unpaired) electrons. The molecule has 1 heterocycles. The molecule has 2 aromatic rings. The molecule has 2 N–H and O–H groups in total. The number of hydrogen-bond acceptors (Lipinski definition) is 7. The van der Waals surface area contributed by atoms with Gasteiger partial charge in [0.2, 0.25) is 0 Å². The monoisotopic (exact) mass is 473 g/mol. The van der Waals surface area contributed by atoms with Crippen LogP contribution in [0, 0.1) is 13.7 Å². The van der Waals surface area contributed by atoms with E-state index in [9.17, 15) is 20.0 Å². The summed E-state index contributed by atoms with van der Waals surface area (Å²) in [5.74, 6) is 0.273. The van der Waals surface area contributed by atoms with Gasteiger partial charge in [0.25, 0.3) is 5.88 Å². The van der Waals surface area contributed by atoms with Crippen LogP contribution in [0.4, 0.5) is 5.69 Å². The van der Waals surface area contributed by atoms with E-state index in [0.717, 1.165) is 9.13 Å². The summed E-state index contributed by atoms with van der Waals surface area (Å²) >= 11 is 2.12. The largest absolute Gasteiger partial charge is 0.490 e. The summed E-state index contributed by atoms with van der Waals surface area (Å²) in [4.78, 5) is 27.2. The van der Waals surface area contributed by atoms with Crippen molar-refractivity contribution in [3.05, 3.63) is 47.6 Å². The quantitative estimate of drug-likeness (QED) is 0.360. The Morgan fingerprint density at radius 2 is 2.00 bits per heavy atom. The Morgan fingerprint density at radius 3 is 2.58 bits per heavy atom. The van der Waals surface area contributed by atoms with E-state index in [2.05, 4.69) is 32.6 Å². The second-order valence-corrected chi connectivity index (χ2v) is 6.07. The number of halogens is 1. The summed E-state index contributed by atoms with van der Waals surface area (Å²) in [5.41, 5.74) is -1.28. The zero-order valence-electron chi connectivity index (χ0n) is 14.0. The number of nitrogens with zero attached hydrogens (tertiary/aromatic N) is 2. The molecule has 10 heteroatoms. The summed E-state index contributed by atoms with van der Waals surface area (Å²) in [7, 11) is 0. The fourth-order valence-corrected chi connectivity index (χ4v) is 2.90. The van der Waals surface area contributed by atoms with Crippen molar-refractivity contribution in [1.29, 1.82) is 0 Å². The second kappa shape index (κ2) is 8.65. The number of ether oxygens (including phenoxy) is 2. The molecule has 0 spiro atoms. The number of aromatic amines is 1. The summed E-state index contributed by atoms with van der Waals surface area (Å²) in [6, 6.07) is 3.60. The minimum Gasteiger partial charge on any atom is -0.490 e. The topological polar surface area (TPSA) is 128 Å². The fraction of sp³-hybridized carbons (Fsp3) is 0.250. The molecule has 0 aliphatic carbocycles. The molecule has 0 fully saturated rings. The van der Waals surface area contributed by atoms with Crippen LogP contribution >= 0.6 is 22.6 Å². The van der Waals surface area contributed by atoms with Gasteiger partial charge in [0.15, 0.2) is 11.5 Å². The molecule has 1 aromatic carbocycles. The van der Waals surface area contributed by atoms with E-state index < -0.39 is 22.0 Å². The lowest BCUT2D eigenvalue weighted by Crippen LogP contribution is -2.14. The molecule has 9 nitrogen and oxygen atoms in total. The van der Waals surface area contributed by atoms with Gasteiger partial charge in [-0.05, 0) is 60.2 Å². The highest BCUT2D eigenvalue weighted by Crippen LogP contribution is 2.34. The van der Waals surface area contributed by atoms with Crippen LogP contribution < -0.4 is 15.0 Å². The zero-order chi connectivity index (χ0) is 19.3. The molecule has 26 heavy (non-hydrogen) atoms. The number of rotatable bonds is 7. The van der Waals surface area contributed by atoms with Crippen molar-refractivity contribution < 1.29 is 19.5 Å². The average molecular weight is 473 g/mol. The van der Waals surface area contributed by atoms with E-state index in [1.165, 1.54) is 6.08 Å². The van der Waals surface area contributed by atoms with Gasteiger partial charge in [-0.15, -0.1) is 0 Å². The fourth-order valence-electron chi connectivity index (χ4n) is 2.12. The van der Waals surface area contributed by atoms with E-state index in [-0.39, 0.29) is 5.82 Å². The molecule has 0 aliphatic heterocycles. The number of nitro groups is 1. The number of nitrogens with one attached hydrogen (secondary N) is 1. The van der Waals surface area contributed by atoms with E-state index in [0.29, 0.717) is 24.7 Å². The molecule has 0 bridgehead atoms. The highest BCUT2D eigenvalue weighted by molar-refractivity contribution is 14.1. The SMILES string of the molecule is CCOc1cc(/C=C\c2nc(O)c([N+](=O)[O-])c(=O)[nH]2)cc(I)c1OCC. The standard InChI is InChI=1S/C16H16IN3O6/c1-3-25-11-8-9(7-10(17)14(11)26-4-2)5-6-12-18-15(21)13(20(23)24)16(22)19-12/h5-8H,3-4H2,1-2H3,(H2,18,19,21,22)/b6-5-. The maximum Gasteiger partial charge on any atom is 0.395 e. The first-order chi connectivity index (χ1) is 12.4. The first-order valence-corrected chi connectivity index (χ1v) is 8.70. The first kappa shape index (κ1) is 19.7. The Balaban J connectivity index is 2.39. The molecule has 0 atom stereocenters. The van der Waals surface area contributed by atoms with Crippen molar-refractivity contribution in [2.75, 3.05) is 13.2 Å².